The standard InChI is InChI=1S/C12H19NO4S/c1-3-5-9-17-12-8-6-7-11(10-12)13(4-2)18(14,15)16/h6-8,10H,3-5,9H2,1-2H3,(H,14,15,16). The predicted octanol–water partition coefficient (Wildman–Crippen LogP) is 2.49. The zero-order valence-corrected chi connectivity index (χ0v) is 11.5. The van der Waals surface area contributed by atoms with Gasteiger partial charge in [-0.1, -0.05) is 19.4 Å². The lowest BCUT2D eigenvalue weighted by Crippen LogP contribution is -2.29. The van der Waals surface area contributed by atoms with Crippen LogP contribution >= 0.6 is 0 Å². The van der Waals surface area contributed by atoms with Crippen molar-refractivity contribution < 1.29 is 17.7 Å². The molecule has 0 unspecified atom stereocenters. The van der Waals surface area contributed by atoms with E-state index < -0.39 is 10.3 Å². The Bertz CT molecular complexity index is 473. The highest BCUT2D eigenvalue weighted by Crippen LogP contribution is 2.23. The van der Waals surface area contributed by atoms with E-state index in [4.69, 9.17) is 9.29 Å². The van der Waals surface area contributed by atoms with E-state index in [1.54, 1.807) is 31.2 Å². The lowest BCUT2D eigenvalue weighted by molar-refractivity contribution is 0.309. The highest BCUT2D eigenvalue weighted by molar-refractivity contribution is 7.87. The van der Waals surface area contributed by atoms with Crippen LogP contribution in [0.3, 0.4) is 0 Å². The highest BCUT2D eigenvalue weighted by Gasteiger charge is 2.17. The van der Waals surface area contributed by atoms with Gasteiger partial charge in [0.25, 0.3) is 0 Å². The van der Waals surface area contributed by atoms with Crippen LogP contribution in [0, 0.1) is 0 Å². The second kappa shape index (κ2) is 6.61. The lowest BCUT2D eigenvalue weighted by Gasteiger charge is -2.19. The summed E-state index contributed by atoms with van der Waals surface area (Å²) < 4.78 is 37.9. The van der Waals surface area contributed by atoms with Gasteiger partial charge in [-0.25, -0.2) is 4.31 Å². The van der Waals surface area contributed by atoms with Crippen molar-refractivity contribution in [1.82, 2.24) is 0 Å². The Morgan fingerprint density at radius 2 is 2.06 bits per heavy atom. The van der Waals surface area contributed by atoms with Gasteiger partial charge in [0, 0.05) is 12.6 Å². The van der Waals surface area contributed by atoms with E-state index in [0.717, 1.165) is 17.1 Å². The number of rotatable bonds is 7. The molecule has 0 saturated heterocycles. The molecule has 18 heavy (non-hydrogen) atoms. The van der Waals surface area contributed by atoms with E-state index in [-0.39, 0.29) is 6.54 Å². The zero-order valence-electron chi connectivity index (χ0n) is 10.7. The van der Waals surface area contributed by atoms with Gasteiger partial charge in [-0.3, -0.25) is 4.55 Å². The molecule has 0 saturated carbocycles. The van der Waals surface area contributed by atoms with E-state index in [1.165, 1.54) is 0 Å². The number of ether oxygens (including phenoxy) is 1. The minimum Gasteiger partial charge on any atom is -0.494 e. The third-order valence-electron chi connectivity index (χ3n) is 2.44. The van der Waals surface area contributed by atoms with Gasteiger partial charge in [0.2, 0.25) is 0 Å². The Labute approximate surface area is 108 Å². The molecule has 0 amide bonds. The average molecular weight is 273 g/mol. The molecule has 1 N–H and O–H groups in total. The molecule has 0 aromatic heterocycles. The van der Waals surface area contributed by atoms with E-state index >= 15 is 0 Å². The molecule has 102 valence electrons. The maximum atomic E-state index is 11.2. The Hall–Kier alpha value is -1.27. The summed E-state index contributed by atoms with van der Waals surface area (Å²) in [6.45, 7) is 4.48. The van der Waals surface area contributed by atoms with Crippen molar-refractivity contribution in [3.63, 3.8) is 0 Å². The van der Waals surface area contributed by atoms with Gasteiger partial charge in [0.15, 0.2) is 0 Å². The van der Waals surface area contributed by atoms with Gasteiger partial charge < -0.3 is 4.74 Å². The predicted molar refractivity (Wildman–Crippen MR) is 71.4 cm³/mol. The summed E-state index contributed by atoms with van der Waals surface area (Å²) in [5, 5.41) is 0. The molecule has 1 aromatic carbocycles. The Balaban J connectivity index is 2.86. The summed E-state index contributed by atoms with van der Waals surface area (Å²) in [6.07, 6.45) is 1.98. The van der Waals surface area contributed by atoms with Crippen LogP contribution in [0.25, 0.3) is 0 Å². The number of hydrogen-bond acceptors (Lipinski definition) is 3. The molecule has 6 heteroatoms. The number of nitrogens with zero attached hydrogens (tertiary/aromatic N) is 1. The Morgan fingerprint density at radius 3 is 2.61 bits per heavy atom. The first kappa shape index (κ1) is 14.8. The monoisotopic (exact) mass is 273 g/mol. The maximum absolute atomic E-state index is 11.2. The van der Waals surface area contributed by atoms with Crippen LogP contribution in [-0.4, -0.2) is 26.1 Å². The average Bonchev–Trinajstić information content (AvgIpc) is 2.29. The van der Waals surface area contributed by atoms with Crippen LogP contribution in [0.15, 0.2) is 24.3 Å². The smallest absolute Gasteiger partial charge is 0.359 e. The van der Waals surface area contributed by atoms with Crippen LogP contribution in [0.5, 0.6) is 5.75 Å². The van der Waals surface area contributed by atoms with Crippen molar-refractivity contribution in [2.24, 2.45) is 0 Å². The molecule has 0 spiro atoms. The molecule has 0 fully saturated rings. The van der Waals surface area contributed by atoms with Crippen molar-refractivity contribution in [3.8, 4) is 5.75 Å². The molecule has 0 aliphatic heterocycles. The first-order valence-electron chi connectivity index (χ1n) is 5.97. The molecule has 0 aliphatic carbocycles. The second-order valence-electron chi connectivity index (χ2n) is 3.84. The minimum atomic E-state index is -4.23. The maximum Gasteiger partial charge on any atom is 0.359 e. The molecule has 1 aromatic rings. The first-order valence-corrected chi connectivity index (χ1v) is 7.36. The number of hydrogen-bond donors (Lipinski definition) is 1. The third-order valence-corrected chi connectivity index (χ3v) is 3.46. The quantitative estimate of drug-likeness (QED) is 0.612. The van der Waals surface area contributed by atoms with Crippen molar-refractivity contribution in [2.45, 2.75) is 26.7 Å². The molecule has 0 bridgehead atoms. The molecule has 1 rings (SSSR count). The molecular weight excluding hydrogens is 254 g/mol. The number of anilines is 1. The number of unbranched alkanes of at least 4 members (excludes halogenated alkanes) is 1. The first-order chi connectivity index (χ1) is 8.49. The van der Waals surface area contributed by atoms with E-state index in [0.29, 0.717) is 18.0 Å². The summed E-state index contributed by atoms with van der Waals surface area (Å²) >= 11 is 0. The Kier molecular flexibility index (Phi) is 5.43. The van der Waals surface area contributed by atoms with Crippen LogP contribution < -0.4 is 9.04 Å². The minimum absolute atomic E-state index is 0.164. The van der Waals surface area contributed by atoms with Crippen molar-refractivity contribution in [2.75, 3.05) is 17.5 Å². The molecule has 0 radical (unpaired) electrons. The molecule has 5 nitrogen and oxygen atoms in total. The van der Waals surface area contributed by atoms with Gasteiger partial charge in [0.1, 0.15) is 5.75 Å². The van der Waals surface area contributed by atoms with Crippen LogP contribution in [0.2, 0.25) is 0 Å². The largest absolute Gasteiger partial charge is 0.494 e. The summed E-state index contributed by atoms with van der Waals surface area (Å²) in [4.78, 5) is 0. The van der Waals surface area contributed by atoms with E-state index in [1.807, 2.05) is 0 Å². The van der Waals surface area contributed by atoms with Crippen LogP contribution in [-0.2, 0) is 10.3 Å². The van der Waals surface area contributed by atoms with Gasteiger partial charge in [0.05, 0.1) is 12.3 Å². The normalized spacial score (nSPS) is 11.3. The SMILES string of the molecule is CCCCOc1cccc(N(CC)S(=O)(=O)O)c1. The fourth-order valence-corrected chi connectivity index (χ4v) is 2.25. The number of benzene rings is 1. The Morgan fingerprint density at radius 1 is 1.33 bits per heavy atom. The topological polar surface area (TPSA) is 66.8 Å². The fraction of sp³-hybridized carbons (Fsp3) is 0.500. The fourth-order valence-electron chi connectivity index (χ4n) is 1.54. The van der Waals surface area contributed by atoms with Gasteiger partial charge in [-0.15, -0.1) is 0 Å². The van der Waals surface area contributed by atoms with Crippen molar-refractivity contribution in [1.29, 1.82) is 0 Å². The zero-order chi connectivity index (χ0) is 13.6. The summed E-state index contributed by atoms with van der Waals surface area (Å²) in [5.74, 6) is 0.600. The summed E-state index contributed by atoms with van der Waals surface area (Å²) in [7, 11) is -4.23. The van der Waals surface area contributed by atoms with Gasteiger partial charge >= 0.3 is 10.3 Å². The van der Waals surface area contributed by atoms with E-state index in [9.17, 15) is 8.42 Å². The van der Waals surface area contributed by atoms with Crippen LogP contribution in [0.4, 0.5) is 5.69 Å². The lowest BCUT2D eigenvalue weighted by atomic mass is 10.3. The summed E-state index contributed by atoms with van der Waals surface area (Å²) in [5.41, 5.74) is 0.397. The third kappa shape index (κ3) is 4.19. The van der Waals surface area contributed by atoms with Crippen molar-refractivity contribution in [3.05, 3.63) is 24.3 Å². The summed E-state index contributed by atoms with van der Waals surface area (Å²) in [6, 6.07) is 6.68. The van der Waals surface area contributed by atoms with Crippen molar-refractivity contribution >= 4 is 16.0 Å². The molecule has 0 atom stereocenters. The van der Waals surface area contributed by atoms with Gasteiger partial charge in [-0.2, -0.15) is 8.42 Å². The highest BCUT2D eigenvalue weighted by atomic mass is 32.2. The molecular formula is C12H19NO4S. The molecule has 0 heterocycles. The second-order valence-corrected chi connectivity index (χ2v) is 5.18. The van der Waals surface area contributed by atoms with Crippen LogP contribution in [0.1, 0.15) is 26.7 Å². The molecule has 0 aliphatic rings. The van der Waals surface area contributed by atoms with E-state index in [2.05, 4.69) is 6.92 Å². The van der Waals surface area contributed by atoms with Gasteiger partial charge in [-0.05, 0) is 25.5 Å².